The van der Waals surface area contributed by atoms with E-state index >= 15 is 0 Å². The van der Waals surface area contributed by atoms with Crippen molar-refractivity contribution in [1.29, 1.82) is 0 Å². The van der Waals surface area contributed by atoms with Gasteiger partial charge in [0.2, 0.25) is 0 Å². The average Bonchev–Trinajstić information content (AvgIpc) is 3.14. The molecule has 124 valence electrons. The number of rotatable bonds is 6. The molecular formula is C18H25N3OS. The topological polar surface area (TPSA) is 28.6 Å². The van der Waals surface area contributed by atoms with Crippen LogP contribution in [0, 0.1) is 0 Å². The summed E-state index contributed by atoms with van der Waals surface area (Å²) in [7, 11) is 2.21. The van der Waals surface area contributed by atoms with E-state index in [1.807, 2.05) is 29.8 Å². The van der Waals surface area contributed by atoms with Crippen LogP contribution in [0.15, 0.2) is 42.0 Å². The quantitative estimate of drug-likeness (QED) is 0.813. The molecule has 1 fully saturated rings. The fourth-order valence-corrected chi connectivity index (χ4v) is 3.92. The summed E-state index contributed by atoms with van der Waals surface area (Å²) in [5.41, 5.74) is 1.27. The largest absolute Gasteiger partial charge is 0.379 e. The van der Waals surface area contributed by atoms with Gasteiger partial charge in [0, 0.05) is 42.9 Å². The summed E-state index contributed by atoms with van der Waals surface area (Å²) in [6, 6.07) is 9.36. The molecule has 0 saturated carbocycles. The third-order valence-corrected chi connectivity index (χ3v) is 5.62. The third-order valence-electron chi connectivity index (χ3n) is 4.65. The van der Waals surface area contributed by atoms with Crippen LogP contribution in [0.1, 0.15) is 29.4 Å². The maximum atomic E-state index is 5.53. The highest BCUT2D eigenvalue weighted by Crippen LogP contribution is 2.29. The highest BCUT2D eigenvalue weighted by molar-refractivity contribution is 7.10. The minimum absolute atomic E-state index is 0.354. The van der Waals surface area contributed by atoms with E-state index in [1.165, 1.54) is 10.4 Å². The van der Waals surface area contributed by atoms with Crippen molar-refractivity contribution in [2.45, 2.75) is 19.0 Å². The van der Waals surface area contributed by atoms with Crippen molar-refractivity contribution in [2.24, 2.45) is 0 Å². The number of hydrogen-bond acceptors (Lipinski definition) is 5. The fourth-order valence-electron chi connectivity index (χ4n) is 3.06. The van der Waals surface area contributed by atoms with E-state index in [0.717, 1.165) is 32.8 Å². The zero-order valence-electron chi connectivity index (χ0n) is 13.9. The minimum Gasteiger partial charge on any atom is -0.379 e. The third kappa shape index (κ3) is 4.18. The van der Waals surface area contributed by atoms with Crippen molar-refractivity contribution in [3.05, 3.63) is 52.5 Å². The second-order valence-electron chi connectivity index (χ2n) is 6.08. The number of ether oxygens (including phenoxy) is 1. The molecule has 2 atom stereocenters. The van der Waals surface area contributed by atoms with Crippen LogP contribution >= 0.6 is 11.3 Å². The monoisotopic (exact) mass is 331 g/mol. The van der Waals surface area contributed by atoms with Crippen LogP contribution in [0.2, 0.25) is 0 Å². The molecule has 5 heteroatoms. The van der Waals surface area contributed by atoms with Crippen LogP contribution in [0.3, 0.4) is 0 Å². The first kappa shape index (κ1) is 16.6. The summed E-state index contributed by atoms with van der Waals surface area (Å²) in [6.45, 7) is 6.96. The Morgan fingerprint density at radius 3 is 2.78 bits per heavy atom. The van der Waals surface area contributed by atoms with Crippen molar-refractivity contribution in [2.75, 3.05) is 39.9 Å². The zero-order valence-corrected chi connectivity index (χ0v) is 14.7. The lowest BCUT2D eigenvalue weighted by Gasteiger charge is -2.37. The molecule has 4 nitrogen and oxygen atoms in total. The van der Waals surface area contributed by atoms with Crippen molar-refractivity contribution >= 4 is 11.3 Å². The number of thiophene rings is 1. The number of hydrogen-bond donors (Lipinski definition) is 0. The molecule has 0 aliphatic carbocycles. The van der Waals surface area contributed by atoms with Crippen LogP contribution in [-0.4, -0.2) is 54.7 Å². The molecular weight excluding hydrogens is 306 g/mol. The lowest BCUT2D eigenvalue weighted by Crippen LogP contribution is -2.43. The minimum atomic E-state index is 0.354. The molecule has 3 heterocycles. The number of pyridine rings is 1. The highest BCUT2D eigenvalue weighted by atomic mass is 32.1. The van der Waals surface area contributed by atoms with Crippen LogP contribution < -0.4 is 0 Å². The standard InChI is InChI=1S/C18H25N3OS/c1-15(16-5-3-7-19-13-16)20(2)14-17(18-6-4-12-23-18)21-8-10-22-11-9-21/h3-7,12-13,15,17H,8-11,14H2,1-2H3. The average molecular weight is 331 g/mol. The van der Waals surface area contributed by atoms with Gasteiger partial charge < -0.3 is 4.74 Å². The Hall–Kier alpha value is -1.27. The Balaban J connectivity index is 1.72. The second-order valence-corrected chi connectivity index (χ2v) is 7.06. The van der Waals surface area contributed by atoms with E-state index in [9.17, 15) is 0 Å². The van der Waals surface area contributed by atoms with Gasteiger partial charge in [-0.2, -0.15) is 0 Å². The first-order valence-corrected chi connectivity index (χ1v) is 9.09. The molecule has 23 heavy (non-hydrogen) atoms. The van der Waals surface area contributed by atoms with Crippen LogP contribution in [0.25, 0.3) is 0 Å². The van der Waals surface area contributed by atoms with E-state index in [2.05, 4.69) is 52.3 Å². The maximum absolute atomic E-state index is 5.53. The summed E-state index contributed by atoms with van der Waals surface area (Å²) in [5, 5.41) is 2.17. The van der Waals surface area contributed by atoms with Gasteiger partial charge in [-0.25, -0.2) is 0 Å². The Kier molecular flexibility index (Phi) is 5.78. The second kappa shape index (κ2) is 8.02. The van der Waals surface area contributed by atoms with Gasteiger partial charge in [-0.05, 0) is 37.0 Å². The first-order chi connectivity index (χ1) is 11.3. The SMILES string of the molecule is CC(c1cccnc1)N(C)CC(c1cccs1)N1CCOCC1. The molecule has 0 N–H and O–H groups in total. The van der Waals surface area contributed by atoms with E-state index < -0.39 is 0 Å². The van der Waals surface area contributed by atoms with E-state index in [1.54, 1.807) is 0 Å². The van der Waals surface area contributed by atoms with Gasteiger partial charge in [0.05, 0.1) is 19.3 Å². The van der Waals surface area contributed by atoms with Gasteiger partial charge in [0.1, 0.15) is 0 Å². The van der Waals surface area contributed by atoms with Crippen molar-refractivity contribution < 1.29 is 4.74 Å². The van der Waals surface area contributed by atoms with Gasteiger partial charge in [-0.1, -0.05) is 12.1 Å². The molecule has 2 unspecified atom stereocenters. The normalized spacial score (nSPS) is 18.9. The molecule has 2 aromatic rings. The molecule has 3 rings (SSSR count). The number of likely N-dealkylation sites (N-methyl/N-ethyl adjacent to an activating group) is 1. The first-order valence-electron chi connectivity index (χ1n) is 8.21. The predicted molar refractivity (Wildman–Crippen MR) is 94.7 cm³/mol. The fraction of sp³-hybridized carbons (Fsp3) is 0.500. The summed E-state index contributed by atoms with van der Waals surface area (Å²) in [5.74, 6) is 0. The smallest absolute Gasteiger partial charge is 0.0594 e. The molecule has 1 aliphatic heterocycles. The van der Waals surface area contributed by atoms with E-state index in [4.69, 9.17) is 4.74 Å². The summed E-state index contributed by atoms with van der Waals surface area (Å²) in [4.78, 5) is 10.7. The Bertz CT molecular complexity index is 569. The van der Waals surface area contributed by atoms with Gasteiger partial charge in [-0.3, -0.25) is 14.8 Å². The highest BCUT2D eigenvalue weighted by Gasteiger charge is 2.26. The predicted octanol–water partition coefficient (Wildman–Crippen LogP) is 3.21. The number of morpholine rings is 1. The molecule has 0 aromatic carbocycles. The lowest BCUT2D eigenvalue weighted by molar-refractivity contribution is 0.00766. The van der Waals surface area contributed by atoms with Gasteiger partial charge >= 0.3 is 0 Å². The van der Waals surface area contributed by atoms with E-state index in [-0.39, 0.29) is 0 Å². The van der Waals surface area contributed by atoms with Crippen LogP contribution in [0.5, 0.6) is 0 Å². The molecule has 0 spiro atoms. The molecule has 0 amide bonds. The Labute approximate surface area is 142 Å². The molecule has 0 bridgehead atoms. The summed E-state index contributed by atoms with van der Waals surface area (Å²) < 4.78 is 5.53. The van der Waals surface area contributed by atoms with Crippen molar-refractivity contribution in [3.8, 4) is 0 Å². The Morgan fingerprint density at radius 2 is 2.13 bits per heavy atom. The molecule has 0 radical (unpaired) electrons. The van der Waals surface area contributed by atoms with Crippen molar-refractivity contribution in [3.63, 3.8) is 0 Å². The van der Waals surface area contributed by atoms with Gasteiger partial charge in [0.15, 0.2) is 0 Å². The zero-order chi connectivity index (χ0) is 16.1. The summed E-state index contributed by atoms with van der Waals surface area (Å²) >= 11 is 1.85. The van der Waals surface area contributed by atoms with Crippen LogP contribution in [-0.2, 0) is 4.74 Å². The molecule has 2 aromatic heterocycles. The van der Waals surface area contributed by atoms with Crippen LogP contribution in [0.4, 0.5) is 0 Å². The summed E-state index contributed by atoms with van der Waals surface area (Å²) in [6.07, 6.45) is 3.80. The van der Waals surface area contributed by atoms with Crippen molar-refractivity contribution in [1.82, 2.24) is 14.8 Å². The maximum Gasteiger partial charge on any atom is 0.0594 e. The number of aromatic nitrogens is 1. The Morgan fingerprint density at radius 1 is 1.30 bits per heavy atom. The lowest BCUT2D eigenvalue weighted by atomic mass is 10.1. The molecule has 1 aliphatic rings. The van der Waals surface area contributed by atoms with Gasteiger partial charge in [-0.15, -0.1) is 11.3 Å². The molecule has 1 saturated heterocycles. The van der Waals surface area contributed by atoms with E-state index in [0.29, 0.717) is 12.1 Å². The van der Waals surface area contributed by atoms with Gasteiger partial charge in [0.25, 0.3) is 0 Å². The number of nitrogens with zero attached hydrogens (tertiary/aromatic N) is 3.